The van der Waals surface area contributed by atoms with Crippen LogP contribution in [0.2, 0.25) is 0 Å². The van der Waals surface area contributed by atoms with Crippen LogP contribution in [0, 0.1) is 5.41 Å². The molecule has 1 heterocycles. The van der Waals surface area contributed by atoms with Gasteiger partial charge in [-0.2, -0.15) is 0 Å². The van der Waals surface area contributed by atoms with Gasteiger partial charge in [-0.1, -0.05) is 20.8 Å². The van der Waals surface area contributed by atoms with Crippen molar-refractivity contribution in [1.29, 1.82) is 0 Å². The molecule has 0 spiro atoms. The minimum absolute atomic E-state index is 0.103. The summed E-state index contributed by atoms with van der Waals surface area (Å²) >= 11 is 0. The van der Waals surface area contributed by atoms with E-state index in [0.29, 0.717) is 0 Å². The zero-order valence-electron chi connectivity index (χ0n) is 12.5. The highest BCUT2D eigenvalue weighted by atomic mass is 16.5. The Morgan fingerprint density at radius 2 is 2.11 bits per heavy atom. The molecule has 2 atom stereocenters. The first-order valence-corrected chi connectivity index (χ1v) is 6.64. The van der Waals surface area contributed by atoms with Gasteiger partial charge in [0.2, 0.25) is 0 Å². The van der Waals surface area contributed by atoms with E-state index in [9.17, 15) is 0 Å². The molecule has 1 rings (SSSR count). The molecule has 18 heavy (non-hydrogen) atoms. The number of imidazole rings is 1. The Bertz CT molecular complexity index is 354. The van der Waals surface area contributed by atoms with Crippen molar-refractivity contribution < 1.29 is 4.74 Å². The van der Waals surface area contributed by atoms with Crippen LogP contribution in [-0.2, 0) is 17.7 Å². The van der Waals surface area contributed by atoms with Crippen molar-refractivity contribution in [1.82, 2.24) is 14.9 Å². The predicted octanol–water partition coefficient (Wildman–Crippen LogP) is 2.09. The van der Waals surface area contributed by atoms with E-state index in [1.165, 1.54) is 0 Å². The van der Waals surface area contributed by atoms with Crippen LogP contribution in [0.5, 0.6) is 0 Å². The van der Waals surface area contributed by atoms with Gasteiger partial charge in [0, 0.05) is 38.5 Å². The van der Waals surface area contributed by atoms with E-state index in [4.69, 9.17) is 4.74 Å². The molecule has 104 valence electrons. The van der Waals surface area contributed by atoms with Gasteiger partial charge in [-0.3, -0.25) is 0 Å². The molecule has 0 radical (unpaired) electrons. The fourth-order valence-electron chi connectivity index (χ4n) is 2.50. The van der Waals surface area contributed by atoms with E-state index >= 15 is 0 Å². The van der Waals surface area contributed by atoms with Gasteiger partial charge < -0.3 is 14.6 Å². The summed E-state index contributed by atoms with van der Waals surface area (Å²) in [6.07, 6.45) is 4.93. The highest BCUT2D eigenvalue weighted by Crippen LogP contribution is 2.25. The Morgan fingerprint density at radius 1 is 1.44 bits per heavy atom. The number of aryl methyl sites for hydroxylation is 1. The number of aromatic nitrogens is 2. The quantitative estimate of drug-likeness (QED) is 0.844. The van der Waals surface area contributed by atoms with Crippen LogP contribution in [0.4, 0.5) is 0 Å². The lowest BCUT2D eigenvalue weighted by Crippen LogP contribution is -2.48. The minimum Gasteiger partial charge on any atom is -0.379 e. The van der Waals surface area contributed by atoms with Crippen molar-refractivity contribution in [3.8, 4) is 0 Å². The van der Waals surface area contributed by atoms with Crippen molar-refractivity contribution >= 4 is 0 Å². The van der Waals surface area contributed by atoms with Gasteiger partial charge in [0.15, 0.2) is 0 Å². The smallest absolute Gasteiger partial charge is 0.110 e. The second-order valence-electron chi connectivity index (χ2n) is 5.75. The fourth-order valence-corrected chi connectivity index (χ4v) is 2.50. The van der Waals surface area contributed by atoms with Gasteiger partial charge in [0.25, 0.3) is 0 Å². The zero-order valence-corrected chi connectivity index (χ0v) is 12.5. The van der Waals surface area contributed by atoms with Crippen LogP contribution in [0.25, 0.3) is 0 Å². The molecule has 0 saturated heterocycles. The van der Waals surface area contributed by atoms with E-state index in [0.717, 1.165) is 18.8 Å². The molecule has 0 amide bonds. The van der Waals surface area contributed by atoms with Gasteiger partial charge in [-0.15, -0.1) is 0 Å². The Balaban J connectivity index is 2.84. The van der Waals surface area contributed by atoms with Gasteiger partial charge >= 0.3 is 0 Å². The third-order valence-corrected chi connectivity index (χ3v) is 3.39. The molecule has 1 aromatic heterocycles. The molecule has 0 aliphatic rings. The molecule has 4 nitrogen and oxygen atoms in total. The molecule has 4 heteroatoms. The number of likely N-dealkylation sites (N-methyl/N-ethyl adjacent to an activating group) is 1. The molecule has 0 saturated carbocycles. The first-order chi connectivity index (χ1) is 8.43. The maximum atomic E-state index is 5.69. The standard InChI is InChI=1S/C14H27N3O/c1-7-17-9-8-16-12(17)10-11(15-5)13(18-6)14(2,3)4/h8-9,11,13,15H,7,10H2,1-6H3. The number of methoxy groups -OCH3 is 1. The Morgan fingerprint density at radius 3 is 2.56 bits per heavy atom. The molecule has 0 aliphatic heterocycles. The van der Waals surface area contributed by atoms with E-state index in [2.05, 4.69) is 42.6 Å². The Kier molecular flexibility index (Phi) is 5.35. The minimum atomic E-state index is 0.103. The summed E-state index contributed by atoms with van der Waals surface area (Å²) in [6, 6.07) is 0.266. The number of ether oxygens (including phenoxy) is 1. The first kappa shape index (κ1) is 15.2. The number of hydrogen-bond acceptors (Lipinski definition) is 3. The Labute approximate surface area is 111 Å². The topological polar surface area (TPSA) is 39.1 Å². The maximum Gasteiger partial charge on any atom is 0.110 e. The van der Waals surface area contributed by atoms with Crippen LogP contribution in [0.15, 0.2) is 12.4 Å². The van der Waals surface area contributed by atoms with Crippen molar-refractivity contribution in [2.45, 2.75) is 52.8 Å². The highest BCUT2D eigenvalue weighted by molar-refractivity contribution is 4.99. The third kappa shape index (κ3) is 3.56. The van der Waals surface area contributed by atoms with Crippen LogP contribution >= 0.6 is 0 Å². The van der Waals surface area contributed by atoms with E-state index < -0.39 is 0 Å². The SMILES string of the molecule is CCn1ccnc1CC(NC)C(OC)C(C)(C)C. The summed E-state index contributed by atoms with van der Waals surface area (Å²) in [6.45, 7) is 9.71. The van der Waals surface area contributed by atoms with Crippen LogP contribution in [0.1, 0.15) is 33.5 Å². The molecule has 0 aromatic carbocycles. The van der Waals surface area contributed by atoms with Crippen molar-refractivity contribution in [3.05, 3.63) is 18.2 Å². The van der Waals surface area contributed by atoms with Crippen molar-refractivity contribution in [2.24, 2.45) is 5.41 Å². The summed E-state index contributed by atoms with van der Waals surface area (Å²) in [4.78, 5) is 4.44. The first-order valence-electron chi connectivity index (χ1n) is 6.64. The lowest BCUT2D eigenvalue weighted by molar-refractivity contribution is -0.00980. The van der Waals surface area contributed by atoms with Crippen molar-refractivity contribution in [2.75, 3.05) is 14.2 Å². The predicted molar refractivity (Wildman–Crippen MR) is 74.7 cm³/mol. The summed E-state index contributed by atoms with van der Waals surface area (Å²) in [7, 11) is 3.77. The van der Waals surface area contributed by atoms with Crippen LogP contribution in [-0.4, -0.2) is 35.9 Å². The van der Waals surface area contributed by atoms with E-state index in [-0.39, 0.29) is 17.6 Å². The molecule has 1 aromatic rings. The largest absolute Gasteiger partial charge is 0.379 e. The summed E-state index contributed by atoms with van der Waals surface area (Å²) in [5, 5.41) is 3.37. The molecule has 0 bridgehead atoms. The number of hydrogen-bond donors (Lipinski definition) is 1. The second kappa shape index (κ2) is 6.34. The molecule has 0 aliphatic carbocycles. The molecule has 1 N–H and O–H groups in total. The number of rotatable bonds is 6. The summed E-state index contributed by atoms with van der Waals surface area (Å²) in [5.74, 6) is 1.11. The summed E-state index contributed by atoms with van der Waals surface area (Å²) in [5.41, 5.74) is 0.103. The Hall–Kier alpha value is -0.870. The van der Waals surface area contributed by atoms with Gasteiger partial charge in [-0.05, 0) is 19.4 Å². The lowest BCUT2D eigenvalue weighted by Gasteiger charge is -2.35. The molecule has 0 fully saturated rings. The van der Waals surface area contributed by atoms with Crippen LogP contribution in [0.3, 0.4) is 0 Å². The van der Waals surface area contributed by atoms with Gasteiger partial charge in [0.1, 0.15) is 5.82 Å². The van der Waals surface area contributed by atoms with E-state index in [1.54, 1.807) is 7.11 Å². The highest BCUT2D eigenvalue weighted by Gasteiger charge is 2.32. The fraction of sp³-hybridized carbons (Fsp3) is 0.786. The number of nitrogens with one attached hydrogen (secondary N) is 1. The maximum absolute atomic E-state index is 5.69. The average Bonchev–Trinajstić information content (AvgIpc) is 2.74. The average molecular weight is 253 g/mol. The molecular weight excluding hydrogens is 226 g/mol. The second-order valence-corrected chi connectivity index (χ2v) is 5.75. The molecular formula is C14H27N3O. The normalized spacial score (nSPS) is 15.7. The third-order valence-electron chi connectivity index (χ3n) is 3.39. The lowest BCUT2D eigenvalue weighted by atomic mass is 9.83. The number of nitrogens with zero attached hydrogens (tertiary/aromatic N) is 2. The van der Waals surface area contributed by atoms with Crippen molar-refractivity contribution in [3.63, 3.8) is 0 Å². The van der Waals surface area contributed by atoms with Gasteiger partial charge in [-0.25, -0.2) is 4.98 Å². The van der Waals surface area contributed by atoms with Crippen LogP contribution < -0.4 is 5.32 Å². The van der Waals surface area contributed by atoms with Gasteiger partial charge in [0.05, 0.1) is 6.10 Å². The monoisotopic (exact) mass is 253 g/mol. The molecule has 2 unspecified atom stereocenters. The van der Waals surface area contributed by atoms with E-state index in [1.807, 2.05) is 19.4 Å². The summed E-state index contributed by atoms with van der Waals surface area (Å²) < 4.78 is 7.87. The zero-order chi connectivity index (χ0) is 13.8.